The molecular formula is C20H13Br2N3O. The minimum Gasteiger partial charge on any atom is -0.506 e. The van der Waals surface area contributed by atoms with Gasteiger partial charge in [-0.3, -0.25) is 4.57 Å². The van der Waals surface area contributed by atoms with E-state index in [1.807, 2.05) is 42.5 Å². The third-order valence-corrected chi connectivity index (χ3v) is 5.88. The first-order chi connectivity index (χ1) is 12.6. The highest BCUT2D eigenvalue weighted by Crippen LogP contribution is 2.43. The van der Waals surface area contributed by atoms with Crippen LogP contribution in [0.4, 0.5) is 5.69 Å². The fraction of sp³-hybridized carbons (Fsp3) is 0.0500. The van der Waals surface area contributed by atoms with Gasteiger partial charge in [-0.15, -0.1) is 0 Å². The van der Waals surface area contributed by atoms with Crippen molar-refractivity contribution in [1.82, 2.24) is 9.55 Å². The Labute approximate surface area is 166 Å². The number of aromatic hydroxyl groups is 1. The summed E-state index contributed by atoms with van der Waals surface area (Å²) in [5.74, 6) is 1.13. The van der Waals surface area contributed by atoms with Crippen LogP contribution in [0.3, 0.4) is 0 Å². The van der Waals surface area contributed by atoms with Crippen LogP contribution in [-0.4, -0.2) is 14.7 Å². The molecule has 2 N–H and O–H groups in total. The van der Waals surface area contributed by atoms with Crippen molar-refractivity contribution < 1.29 is 5.11 Å². The number of nitrogens with one attached hydrogen (secondary N) is 1. The standard InChI is InChI=1S/C20H13Br2N3O/c21-13-9-11(10-14(22)18(13)26)19-23-15-6-2-1-5-12(15)20-24-16-7-3-4-8-17(16)25(19)20/h1-10,19,23,26H/t19-/m0/s1. The highest BCUT2D eigenvalue weighted by molar-refractivity contribution is 9.11. The van der Waals surface area contributed by atoms with Gasteiger partial charge < -0.3 is 10.4 Å². The molecular weight excluding hydrogens is 458 g/mol. The van der Waals surface area contributed by atoms with Gasteiger partial charge in [-0.05, 0) is 73.8 Å². The van der Waals surface area contributed by atoms with Crippen LogP contribution in [-0.2, 0) is 0 Å². The monoisotopic (exact) mass is 469 g/mol. The molecule has 4 aromatic rings. The van der Waals surface area contributed by atoms with Crippen molar-refractivity contribution in [3.8, 4) is 17.1 Å². The Morgan fingerprint density at radius 2 is 1.65 bits per heavy atom. The van der Waals surface area contributed by atoms with E-state index in [9.17, 15) is 5.11 Å². The van der Waals surface area contributed by atoms with Gasteiger partial charge in [-0.25, -0.2) is 4.98 Å². The Hall–Kier alpha value is -2.31. The fourth-order valence-electron chi connectivity index (χ4n) is 3.49. The van der Waals surface area contributed by atoms with E-state index in [-0.39, 0.29) is 11.9 Å². The van der Waals surface area contributed by atoms with Gasteiger partial charge in [0.2, 0.25) is 0 Å². The molecule has 0 radical (unpaired) electrons. The van der Waals surface area contributed by atoms with Crippen LogP contribution < -0.4 is 5.32 Å². The topological polar surface area (TPSA) is 50.1 Å². The number of aromatic nitrogens is 2. The van der Waals surface area contributed by atoms with Gasteiger partial charge in [-0.2, -0.15) is 0 Å². The van der Waals surface area contributed by atoms with Crippen molar-refractivity contribution >= 4 is 48.6 Å². The second-order valence-corrected chi connectivity index (χ2v) is 7.93. The van der Waals surface area contributed by atoms with Gasteiger partial charge in [0.15, 0.2) is 0 Å². The fourth-order valence-corrected chi connectivity index (χ4v) is 4.71. The van der Waals surface area contributed by atoms with E-state index in [1.54, 1.807) is 0 Å². The van der Waals surface area contributed by atoms with Crippen LogP contribution in [0, 0.1) is 0 Å². The molecule has 0 fully saturated rings. The molecule has 0 amide bonds. The van der Waals surface area contributed by atoms with Gasteiger partial charge in [0.1, 0.15) is 17.7 Å². The first kappa shape index (κ1) is 15.9. The van der Waals surface area contributed by atoms with E-state index in [0.717, 1.165) is 33.7 Å². The van der Waals surface area contributed by atoms with Gasteiger partial charge in [0.05, 0.1) is 20.0 Å². The van der Waals surface area contributed by atoms with Crippen molar-refractivity contribution in [1.29, 1.82) is 0 Å². The smallest absolute Gasteiger partial charge is 0.145 e. The number of phenols is 1. The van der Waals surface area contributed by atoms with Gasteiger partial charge in [0, 0.05) is 11.3 Å². The van der Waals surface area contributed by atoms with Crippen LogP contribution in [0.25, 0.3) is 22.4 Å². The number of hydrogen-bond donors (Lipinski definition) is 2. The number of imidazole rings is 1. The molecule has 6 heteroatoms. The van der Waals surface area contributed by atoms with Crippen molar-refractivity contribution in [2.24, 2.45) is 0 Å². The summed E-state index contributed by atoms with van der Waals surface area (Å²) in [5, 5.41) is 13.7. The highest BCUT2D eigenvalue weighted by atomic mass is 79.9. The number of benzene rings is 3. The lowest BCUT2D eigenvalue weighted by atomic mass is 10.1. The molecule has 0 bridgehead atoms. The average Bonchev–Trinajstić information content (AvgIpc) is 3.05. The maximum Gasteiger partial charge on any atom is 0.145 e. The van der Waals surface area contributed by atoms with Crippen LogP contribution in [0.5, 0.6) is 5.75 Å². The van der Waals surface area contributed by atoms with Gasteiger partial charge in [-0.1, -0.05) is 24.3 Å². The number of para-hydroxylation sites is 3. The zero-order valence-corrected chi connectivity index (χ0v) is 16.6. The lowest BCUT2D eigenvalue weighted by molar-refractivity contribution is 0.467. The zero-order valence-electron chi connectivity index (χ0n) is 13.4. The Bertz CT molecular complexity index is 1150. The van der Waals surface area contributed by atoms with Crippen LogP contribution in [0.15, 0.2) is 69.6 Å². The molecule has 1 aliphatic rings. The zero-order chi connectivity index (χ0) is 17.8. The number of nitrogens with zero attached hydrogens (tertiary/aromatic N) is 2. The first-order valence-electron chi connectivity index (χ1n) is 8.14. The predicted molar refractivity (Wildman–Crippen MR) is 110 cm³/mol. The van der Waals surface area contributed by atoms with Crippen molar-refractivity contribution in [2.45, 2.75) is 6.17 Å². The van der Waals surface area contributed by atoms with E-state index in [4.69, 9.17) is 4.98 Å². The molecule has 4 nitrogen and oxygen atoms in total. The van der Waals surface area contributed by atoms with E-state index in [0.29, 0.717) is 8.95 Å². The summed E-state index contributed by atoms with van der Waals surface area (Å²) in [6.45, 7) is 0. The predicted octanol–water partition coefficient (Wildman–Crippen LogP) is 5.91. The van der Waals surface area contributed by atoms with E-state index < -0.39 is 0 Å². The van der Waals surface area contributed by atoms with Crippen molar-refractivity contribution in [2.75, 3.05) is 5.32 Å². The summed E-state index contributed by atoms with van der Waals surface area (Å²) in [4.78, 5) is 4.88. The molecule has 0 saturated carbocycles. The second-order valence-electron chi connectivity index (χ2n) is 6.22. The summed E-state index contributed by atoms with van der Waals surface area (Å²) in [6.07, 6.45) is -0.138. The van der Waals surface area contributed by atoms with Crippen LogP contribution in [0.2, 0.25) is 0 Å². The maximum absolute atomic E-state index is 10.1. The minimum absolute atomic E-state index is 0.138. The lowest BCUT2D eigenvalue weighted by Crippen LogP contribution is -2.24. The molecule has 0 aliphatic carbocycles. The lowest BCUT2D eigenvalue weighted by Gasteiger charge is -2.30. The van der Waals surface area contributed by atoms with Crippen LogP contribution in [0.1, 0.15) is 11.7 Å². The normalized spacial score (nSPS) is 15.4. The number of anilines is 1. The molecule has 3 aromatic carbocycles. The van der Waals surface area contributed by atoms with Gasteiger partial charge in [0.25, 0.3) is 0 Å². The summed E-state index contributed by atoms with van der Waals surface area (Å²) < 4.78 is 3.50. The molecule has 1 aromatic heterocycles. The molecule has 2 heterocycles. The summed E-state index contributed by atoms with van der Waals surface area (Å²) in [5.41, 5.74) is 5.16. The first-order valence-corrected chi connectivity index (χ1v) is 9.73. The highest BCUT2D eigenvalue weighted by Gasteiger charge is 2.28. The molecule has 0 unspecified atom stereocenters. The summed E-state index contributed by atoms with van der Waals surface area (Å²) in [7, 11) is 0. The average molecular weight is 471 g/mol. The van der Waals surface area contributed by atoms with E-state index in [1.165, 1.54) is 0 Å². The van der Waals surface area contributed by atoms with E-state index >= 15 is 0 Å². The molecule has 26 heavy (non-hydrogen) atoms. The molecule has 0 saturated heterocycles. The molecule has 128 valence electrons. The number of hydrogen-bond acceptors (Lipinski definition) is 3. The Morgan fingerprint density at radius 3 is 2.46 bits per heavy atom. The molecule has 1 aliphatic heterocycles. The number of rotatable bonds is 1. The van der Waals surface area contributed by atoms with E-state index in [2.05, 4.69) is 59.9 Å². The van der Waals surface area contributed by atoms with Crippen molar-refractivity contribution in [3.05, 3.63) is 75.2 Å². The van der Waals surface area contributed by atoms with Crippen molar-refractivity contribution in [3.63, 3.8) is 0 Å². The third kappa shape index (κ3) is 2.29. The van der Waals surface area contributed by atoms with Crippen LogP contribution >= 0.6 is 31.9 Å². The Morgan fingerprint density at radius 1 is 0.962 bits per heavy atom. The largest absolute Gasteiger partial charge is 0.506 e. The minimum atomic E-state index is -0.138. The Kier molecular flexibility index (Phi) is 3.58. The summed E-state index contributed by atoms with van der Waals surface area (Å²) >= 11 is 6.89. The number of halogens is 2. The SMILES string of the molecule is Oc1c(Br)cc([C@H]2Nc3ccccc3-c3nc4ccccc4n32)cc1Br. The van der Waals surface area contributed by atoms with Gasteiger partial charge >= 0.3 is 0 Å². The molecule has 0 spiro atoms. The number of phenolic OH excluding ortho intramolecular Hbond substituents is 1. The Balaban J connectivity index is 1.82. The number of fused-ring (bicyclic) bond motifs is 5. The second kappa shape index (κ2) is 5.86. The quantitative estimate of drug-likeness (QED) is 0.363. The third-order valence-electron chi connectivity index (χ3n) is 4.67. The molecule has 5 rings (SSSR count). The maximum atomic E-state index is 10.1. The molecule has 1 atom stereocenters. The summed E-state index contributed by atoms with van der Waals surface area (Å²) in [6, 6.07) is 20.2.